The van der Waals surface area contributed by atoms with Crippen molar-refractivity contribution in [3.05, 3.63) is 71.2 Å². The minimum Gasteiger partial charge on any atom is -0.465 e. The molecule has 0 aliphatic heterocycles. The molecular weight excluding hydrogens is 374 g/mol. The normalized spacial score (nSPS) is 10.8. The number of nitrogens with zero attached hydrogens (tertiary/aromatic N) is 2. The number of ether oxygens (including phenoxy) is 1. The number of nitrogens with one attached hydrogen (secondary N) is 1. The first-order valence-electron chi connectivity index (χ1n) is 8.57. The van der Waals surface area contributed by atoms with Gasteiger partial charge in [-0.15, -0.1) is 11.3 Å². The Labute approximate surface area is 165 Å². The smallest absolute Gasteiger partial charge is 0.337 e. The van der Waals surface area contributed by atoms with Crippen LogP contribution in [-0.4, -0.2) is 28.5 Å². The van der Waals surface area contributed by atoms with E-state index in [2.05, 4.69) is 37.8 Å². The van der Waals surface area contributed by atoms with Gasteiger partial charge in [-0.1, -0.05) is 18.2 Å². The second-order valence-corrected chi connectivity index (χ2v) is 7.07. The first kappa shape index (κ1) is 17.9. The summed E-state index contributed by atoms with van der Waals surface area (Å²) in [6, 6.07) is 16.7. The first-order valence-corrected chi connectivity index (χ1v) is 9.45. The molecule has 1 N–H and O–H groups in total. The molecule has 0 saturated carbocycles. The van der Waals surface area contributed by atoms with Crippen LogP contribution in [-0.2, 0) is 11.8 Å². The fraction of sp³-hybridized carbons (Fsp3) is 0.0952. The fourth-order valence-electron chi connectivity index (χ4n) is 2.99. The second kappa shape index (κ2) is 7.28. The maximum atomic E-state index is 12.5. The number of benzene rings is 2. The minimum absolute atomic E-state index is 0.299. The van der Waals surface area contributed by atoms with Gasteiger partial charge in [0.05, 0.1) is 18.4 Å². The molecule has 6 nitrogen and oxygen atoms in total. The van der Waals surface area contributed by atoms with Crippen LogP contribution >= 0.6 is 11.3 Å². The molecule has 1 amide bonds. The molecule has 2 aromatic heterocycles. The summed E-state index contributed by atoms with van der Waals surface area (Å²) in [6.07, 6.45) is 0. The average molecular weight is 391 g/mol. The van der Waals surface area contributed by atoms with Crippen molar-refractivity contribution in [1.82, 2.24) is 9.55 Å². The van der Waals surface area contributed by atoms with Gasteiger partial charge in [-0.3, -0.25) is 4.79 Å². The van der Waals surface area contributed by atoms with Crippen molar-refractivity contribution in [3.63, 3.8) is 0 Å². The lowest BCUT2D eigenvalue weighted by Crippen LogP contribution is -2.12. The van der Waals surface area contributed by atoms with Gasteiger partial charge in [0.15, 0.2) is 0 Å². The quantitative estimate of drug-likeness (QED) is 0.525. The van der Waals surface area contributed by atoms with E-state index in [0.29, 0.717) is 16.9 Å². The molecule has 28 heavy (non-hydrogen) atoms. The Hall–Kier alpha value is -3.45. The van der Waals surface area contributed by atoms with E-state index in [1.54, 1.807) is 29.6 Å². The number of aromatic nitrogens is 2. The highest BCUT2D eigenvalue weighted by atomic mass is 32.1. The van der Waals surface area contributed by atoms with Crippen molar-refractivity contribution < 1.29 is 14.3 Å². The summed E-state index contributed by atoms with van der Waals surface area (Å²) >= 11 is 1.43. The number of hydrogen-bond donors (Lipinski definition) is 1. The molecular formula is C21H17N3O3S. The van der Waals surface area contributed by atoms with Gasteiger partial charge in [0.25, 0.3) is 5.91 Å². The molecule has 140 valence electrons. The number of rotatable bonds is 4. The monoisotopic (exact) mass is 391 g/mol. The molecule has 0 atom stereocenters. The van der Waals surface area contributed by atoms with Gasteiger partial charge in [0.2, 0.25) is 0 Å². The molecule has 0 saturated heterocycles. The van der Waals surface area contributed by atoms with E-state index in [1.807, 2.05) is 19.2 Å². The highest BCUT2D eigenvalue weighted by Gasteiger charge is 2.15. The number of aryl methyl sites for hydroxylation is 1. The number of amides is 1. The molecule has 0 aliphatic rings. The number of anilines is 1. The average Bonchev–Trinajstić information content (AvgIpc) is 3.33. The van der Waals surface area contributed by atoms with Crippen LogP contribution in [0, 0.1) is 0 Å². The first-order chi connectivity index (χ1) is 13.6. The fourth-order valence-corrected chi connectivity index (χ4v) is 3.84. The molecule has 2 aromatic carbocycles. The molecule has 0 unspecified atom stereocenters. The van der Waals surface area contributed by atoms with E-state index in [1.165, 1.54) is 18.4 Å². The maximum Gasteiger partial charge on any atom is 0.337 e. The maximum absolute atomic E-state index is 12.5. The standard InChI is InChI=1S/C21H17N3O3S/c1-24-17-6-4-3-5-14(17)11-18(24)20-23-16(12-28-20)19(25)22-15-9-7-13(8-10-15)21(26)27-2/h3-12H,1-2H3,(H,22,25). The van der Waals surface area contributed by atoms with E-state index in [-0.39, 0.29) is 5.91 Å². The Bertz CT molecular complexity index is 1180. The number of fused-ring (bicyclic) bond motifs is 1. The van der Waals surface area contributed by atoms with Crippen LogP contribution in [0.25, 0.3) is 21.6 Å². The van der Waals surface area contributed by atoms with Crippen molar-refractivity contribution in [3.8, 4) is 10.7 Å². The lowest BCUT2D eigenvalue weighted by atomic mass is 10.2. The molecule has 2 heterocycles. The predicted molar refractivity (Wildman–Crippen MR) is 110 cm³/mol. The topological polar surface area (TPSA) is 73.2 Å². The second-order valence-electron chi connectivity index (χ2n) is 6.21. The van der Waals surface area contributed by atoms with Gasteiger partial charge in [-0.05, 0) is 36.4 Å². The summed E-state index contributed by atoms with van der Waals surface area (Å²) in [5.74, 6) is -0.718. The molecule has 7 heteroatoms. The van der Waals surface area contributed by atoms with Gasteiger partial charge in [0.1, 0.15) is 10.7 Å². The Morgan fingerprint density at radius 2 is 1.86 bits per heavy atom. The molecule has 0 spiro atoms. The van der Waals surface area contributed by atoms with Gasteiger partial charge in [0, 0.05) is 29.0 Å². The highest BCUT2D eigenvalue weighted by molar-refractivity contribution is 7.13. The molecule has 4 aromatic rings. The van der Waals surface area contributed by atoms with Crippen LogP contribution in [0.3, 0.4) is 0 Å². The lowest BCUT2D eigenvalue weighted by molar-refractivity contribution is 0.0600. The van der Waals surface area contributed by atoms with E-state index < -0.39 is 5.97 Å². The Morgan fingerprint density at radius 1 is 1.11 bits per heavy atom. The van der Waals surface area contributed by atoms with Crippen molar-refractivity contribution in [2.24, 2.45) is 7.05 Å². The number of carbonyl (C=O) groups excluding carboxylic acids is 2. The van der Waals surface area contributed by atoms with E-state index >= 15 is 0 Å². The number of para-hydroxylation sites is 1. The van der Waals surface area contributed by atoms with Crippen molar-refractivity contribution in [1.29, 1.82) is 0 Å². The SMILES string of the molecule is COC(=O)c1ccc(NC(=O)c2csc(-c3cc4ccccc4n3C)n2)cc1. The summed E-state index contributed by atoms with van der Waals surface area (Å²) in [4.78, 5) is 28.5. The van der Waals surface area contributed by atoms with Crippen LogP contribution in [0.5, 0.6) is 0 Å². The largest absolute Gasteiger partial charge is 0.465 e. The van der Waals surface area contributed by atoms with E-state index in [9.17, 15) is 9.59 Å². The van der Waals surface area contributed by atoms with Gasteiger partial charge in [-0.2, -0.15) is 0 Å². The van der Waals surface area contributed by atoms with Gasteiger partial charge >= 0.3 is 5.97 Å². The van der Waals surface area contributed by atoms with Crippen LogP contribution in [0.4, 0.5) is 5.69 Å². The van der Waals surface area contributed by atoms with Gasteiger partial charge < -0.3 is 14.6 Å². The zero-order valence-corrected chi connectivity index (χ0v) is 16.1. The Kier molecular flexibility index (Phi) is 4.67. The molecule has 0 radical (unpaired) electrons. The molecule has 0 aliphatic carbocycles. The predicted octanol–water partition coefficient (Wildman–Crippen LogP) is 4.34. The van der Waals surface area contributed by atoms with Gasteiger partial charge in [-0.25, -0.2) is 9.78 Å². The van der Waals surface area contributed by atoms with E-state index in [0.717, 1.165) is 21.6 Å². The van der Waals surface area contributed by atoms with Crippen molar-refractivity contribution in [2.75, 3.05) is 12.4 Å². The zero-order valence-electron chi connectivity index (χ0n) is 15.3. The van der Waals surface area contributed by atoms with Crippen LogP contribution in [0.2, 0.25) is 0 Å². The van der Waals surface area contributed by atoms with Crippen molar-refractivity contribution >= 4 is 39.8 Å². The number of carbonyl (C=O) groups is 2. The molecule has 0 fully saturated rings. The summed E-state index contributed by atoms with van der Waals surface area (Å²) in [5.41, 5.74) is 3.43. The third-order valence-electron chi connectivity index (χ3n) is 4.47. The Morgan fingerprint density at radius 3 is 2.57 bits per heavy atom. The van der Waals surface area contributed by atoms with E-state index in [4.69, 9.17) is 0 Å². The summed E-state index contributed by atoms with van der Waals surface area (Å²) < 4.78 is 6.74. The third kappa shape index (κ3) is 3.27. The van der Waals surface area contributed by atoms with Crippen LogP contribution in [0.15, 0.2) is 60.0 Å². The zero-order chi connectivity index (χ0) is 19.7. The minimum atomic E-state index is -0.419. The lowest BCUT2D eigenvalue weighted by Gasteiger charge is -2.04. The molecule has 4 rings (SSSR count). The van der Waals surface area contributed by atoms with Crippen molar-refractivity contribution in [2.45, 2.75) is 0 Å². The number of methoxy groups -OCH3 is 1. The van der Waals surface area contributed by atoms with Crippen LogP contribution < -0.4 is 5.32 Å². The Balaban J connectivity index is 1.54. The molecule has 0 bridgehead atoms. The van der Waals surface area contributed by atoms with Crippen LogP contribution in [0.1, 0.15) is 20.8 Å². The summed E-state index contributed by atoms with van der Waals surface area (Å²) in [7, 11) is 3.31. The highest BCUT2D eigenvalue weighted by Crippen LogP contribution is 2.29. The number of esters is 1. The number of hydrogen-bond acceptors (Lipinski definition) is 5. The summed E-state index contributed by atoms with van der Waals surface area (Å²) in [5, 5.41) is 6.45. The number of thiazole rings is 1. The summed E-state index contributed by atoms with van der Waals surface area (Å²) in [6.45, 7) is 0. The third-order valence-corrected chi connectivity index (χ3v) is 5.34.